The van der Waals surface area contributed by atoms with Crippen LogP contribution in [0.25, 0.3) is 67.6 Å². The van der Waals surface area contributed by atoms with E-state index in [0.29, 0.717) is 114 Å². The van der Waals surface area contributed by atoms with Crippen molar-refractivity contribution in [1.82, 2.24) is 99.3 Å². The maximum Gasteiger partial charge on any atom is 0.416 e. The van der Waals surface area contributed by atoms with Crippen LogP contribution in [0.3, 0.4) is 0 Å². The van der Waals surface area contributed by atoms with Gasteiger partial charge in [-0.25, -0.2) is 51.2 Å². The molecule has 4 fully saturated rings. The highest BCUT2D eigenvalue weighted by Crippen LogP contribution is 2.36. The molecule has 4 N–H and O–H groups in total. The third-order valence-electron chi connectivity index (χ3n) is 23.1. The molecular weight excluding hydrogens is 1620 g/mol. The molecule has 4 aliphatic rings. The zero-order valence-electron chi connectivity index (χ0n) is 72.9. The molecule has 4 saturated heterocycles. The van der Waals surface area contributed by atoms with Crippen molar-refractivity contribution in [3.63, 3.8) is 0 Å². The molecule has 0 radical (unpaired) electrons. The van der Waals surface area contributed by atoms with Gasteiger partial charge in [-0.2, -0.15) is 33.6 Å². The van der Waals surface area contributed by atoms with Gasteiger partial charge in [-0.1, -0.05) is 97.4 Å². The van der Waals surface area contributed by atoms with Crippen molar-refractivity contribution in [2.75, 3.05) is 52.4 Å². The first-order valence-electron chi connectivity index (χ1n) is 41.3. The number of halogens is 6. The Hall–Kier alpha value is -13.3. The number of imidazole rings is 4. The molecule has 654 valence electrons. The molecule has 0 spiro atoms. The highest BCUT2D eigenvalue weighted by molar-refractivity contribution is 6.02. The maximum atomic E-state index is 13.8. The van der Waals surface area contributed by atoms with Gasteiger partial charge in [0.05, 0.1) is 53.1 Å². The molecule has 0 atom stereocenters. The molecule has 28 nitrogen and oxygen atoms in total. The molecule has 34 heteroatoms. The van der Waals surface area contributed by atoms with Crippen LogP contribution in [0.5, 0.6) is 0 Å². The number of carbonyl (C=O) groups excluding carboxylic acids is 8. The van der Waals surface area contributed by atoms with Crippen molar-refractivity contribution in [1.29, 1.82) is 0 Å². The van der Waals surface area contributed by atoms with Crippen LogP contribution in [0.15, 0.2) is 134 Å². The van der Waals surface area contributed by atoms with Gasteiger partial charge in [0.15, 0.2) is 34.2 Å². The maximum absolute atomic E-state index is 13.8. The number of aryl methyl sites for hydroxylation is 2. The van der Waals surface area contributed by atoms with Gasteiger partial charge in [0, 0.05) is 96.9 Å². The monoisotopic (exact) mass is 1710 g/mol. The summed E-state index contributed by atoms with van der Waals surface area (Å²) in [4.78, 5) is 126. The van der Waals surface area contributed by atoms with Crippen LogP contribution in [0, 0.1) is 31.3 Å². The summed E-state index contributed by atoms with van der Waals surface area (Å²) in [5.41, 5.74) is 8.90. The lowest BCUT2D eigenvalue weighted by molar-refractivity contribution is -0.137. The first kappa shape index (κ1) is 89.5. The average molecular weight is 1720 g/mol. The van der Waals surface area contributed by atoms with Crippen LogP contribution < -0.4 is 21.3 Å². The molecule has 0 bridgehead atoms. The van der Waals surface area contributed by atoms with Gasteiger partial charge < -0.3 is 40.9 Å². The van der Waals surface area contributed by atoms with Gasteiger partial charge in [-0.3, -0.25) is 38.4 Å². The minimum atomic E-state index is -4.42. The molecule has 4 aromatic carbocycles. The lowest BCUT2D eigenvalue weighted by Crippen LogP contribution is -2.63. The summed E-state index contributed by atoms with van der Waals surface area (Å²) >= 11 is 0. The summed E-state index contributed by atoms with van der Waals surface area (Å²) in [6.07, 6.45) is 1.86. The van der Waals surface area contributed by atoms with E-state index in [4.69, 9.17) is 5.10 Å². The summed E-state index contributed by atoms with van der Waals surface area (Å²) in [5.74, 6) is -3.88. The van der Waals surface area contributed by atoms with Crippen LogP contribution in [-0.4, -0.2) is 200 Å². The molecular formula is C91H100F6N20O8. The van der Waals surface area contributed by atoms with Crippen LogP contribution in [0.1, 0.15) is 215 Å². The Morgan fingerprint density at radius 2 is 0.608 bits per heavy atom. The standard InChI is InChI=1S/C23H24F3N5O2.C23H26FN5O2.C23H27N5O2.C22H23F2N5O2/c1-13(2)16-11-17(14-5-7-15(8-6-14)23(24,25)26)29-31-12-18(28-19(16)31)20(32)30-10-9-27-21(33)22(30,3)4;1-13(2)16-11-18(15-6-7-17(24)14(3)10-15)27-29-12-19(26-20(16)29)21(30)28-9-8-25-22(31)23(28,4)5;1-14(2)17-12-18(16-8-6-15(3)7-9-16)26-28-13-19(25-20(17)28)21(29)27-11-10-24-22(30)23(27,4)5;1-12(2)14-10-17(13-5-6-15(23)16(24)9-13)27-29-11-18(26-19(14)29)20(30)28-8-7-25-21(31)22(28,3)4/h5-8,11-13H,9-10H2,1-4H3,(H,27,33);6-7,10-13H,8-9H2,1-5H3,(H,25,31);6-9,12-14H,10-11H2,1-5H3,(H,24,30);5-6,9-12H,7-8H2,1-4H3,(H,25,31). The van der Waals surface area contributed by atoms with Crippen LogP contribution in [-0.2, 0) is 25.4 Å². The van der Waals surface area contributed by atoms with Gasteiger partial charge in [0.1, 0.15) is 50.7 Å². The predicted octanol–water partition coefficient (Wildman–Crippen LogP) is 13.5. The van der Waals surface area contributed by atoms with E-state index >= 15 is 0 Å². The molecule has 12 aromatic rings. The molecule has 8 amide bonds. The van der Waals surface area contributed by atoms with Gasteiger partial charge in [0.2, 0.25) is 23.6 Å². The first-order valence-corrected chi connectivity index (χ1v) is 41.3. The zero-order chi connectivity index (χ0) is 90.8. The fraction of sp³-hybridized carbons (Fsp3) is 0.385. The fourth-order valence-corrected chi connectivity index (χ4v) is 15.3. The van der Waals surface area contributed by atoms with Crippen LogP contribution >= 0.6 is 0 Å². The number of rotatable bonds is 12. The molecule has 16 rings (SSSR count). The Kier molecular flexibility index (Phi) is 24.6. The number of aromatic nitrogens is 12. The Labute approximate surface area is 717 Å². The van der Waals surface area contributed by atoms with E-state index < -0.39 is 45.5 Å². The third kappa shape index (κ3) is 17.8. The minimum absolute atomic E-state index is 0.0197. The molecule has 0 saturated carbocycles. The minimum Gasteiger partial charge on any atom is -0.352 e. The number of hydrogen-bond donors (Lipinski definition) is 4. The lowest BCUT2D eigenvalue weighted by Gasteiger charge is -2.40. The molecule has 12 heterocycles. The summed E-state index contributed by atoms with van der Waals surface area (Å²) in [6.45, 7) is 36.8. The summed E-state index contributed by atoms with van der Waals surface area (Å²) in [7, 11) is 0. The molecule has 0 aliphatic carbocycles. The number of benzene rings is 4. The van der Waals surface area contributed by atoms with E-state index in [2.05, 4.69) is 89.4 Å². The molecule has 8 aromatic heterocycles. The molecule has 125 heavy (non-hydrogen) atoms. The molecule has 0 unspecified atom stereocenters. The van der Waals surface area contributed by atoms with Crippen LogP contribution in [0.4, 0.5) is 26.3 Å². The lowest BCUT2D eigenvalue weighted by atomic mass is 9.98. The van der Waals surface area contributed by atoms with E-state index in [0.717, 1.165) is 63.3 Å². The fourth-order valence-electron chi connectivity index (χ4n) is 15.3. The second-order valence-electron chi connectivity index (χ2n) is 34.8. The SMILES string of the molecule is CC(C)c1cc(-c2ccc(C(F)(F)F)cc2)nn2cc(C(=O)N3CCNC(=O)C3(C)C)nc12.CC(C)c1cc(-c2ccc(F)c(F)c2)nn2cc(C(=O)N3CCNC(=O)C3(C)C)nc12.Cc1cc(-c2cc(C(C)C)c3nc(C(=O)N4CCNC(=O)C4(C)C)cn3n2)ccc1F.Cc1ccc(-c2cc(C(C)C)c3nc(C(=O)N4CCNC(=O)C4(C)C)cn3n2)cc1. The van der Waals surface area contributed by atoms with Crippen molar-refractivity contribution < 1.29 is 64.7 Å². The van der Waals surface area contributed by atoms with E-state index in [9.17, 15) is 64.7 Å². The predicted molar refractivity (Wildman–Crippen MR) is 457 cm³/mol. The summed E-state index contributed by atoms with van der Waals surface area (Å²) < 4.78 is 85.9. The second-order valence-corrected chi connectivity index (χ2v) is 34.8. The number of fused-ring (bicyclic) bond motifs is 4. The van der Waals surface area contributed by atoms with Gasteiger partial charge in [-0.05, 0) is 171 Å². The number of amides is 8. The number of nitrogens with one attached hydrogen (secondary N) is 4. The van der Waals surface area contributed by atoms with E-state index in [1.807, 2.05) is 65.8 Å². The van der Waals surface area contributed by atoms with Gasteiger partial charge in [-0.15, -0.1) is 0 Å². The normalized spacial score (nSPS) is 16.2. The Bertz CT molecular complexity index is 6070. The van der Waals surface area contributed by atoms with Gasteiger partial charge >= 0.3 is 6.18 Å². The third-order valence-corrected chi connectivity index (χ3v) is 23.1. The van der Waals surface area contributed by atoms with E-state index in [1.165, 1.54) is 61.1 Å². The van der Waals surface area contributed by atoms with Gasteiger partial charge in [0.25, 0.3) is 23.6 Å². The van der Waals surface area contributed by atoms with Crippen molar-refractivity contribution in [2.45, 2.75) is 177 Å². The average Bonchev–Trinajstić information content (AvgIpc) is 1.63. The van der Waals surface area contributed by atoms with Crippen molar-refractivity contribution in [3.8, 4) is 45.0 Å². The van der Waals surface area contributed by atoms with Crippen molar-refractivity contribution in [2.24, 2.45) is 0 Å². The molecule has 4 aliphatic heterocycles. The van der Waals surface area contributed by atoms with Crippen molar-refractivity contribution in [3.05, 3.63) is 213 Å². The number of carbonyl (C=O) groups is 8. The largest absolute Gasteiger partial charge is 0.416 e. The smallest absolute Gasteiger partial charge is 0.352 e. The van der Waals surface area contributed by atoms with E-state index in [1.54, 1.807) is 118 Å². The Balaban J connectivity index is 0.000000143. The summed E-state index contributed by atoms with van der Waals surface area (Å²) in [6, 6.07) is 29.0. The number of alkyl halides is 3. The van der Waals surface area contributed by atoms with Crippen molar-refractivity contribution >= 4 is 69.8 Å². The zero-order valence-corrected chi connectivity index (χ0v) is 72.9. The quantitative estimate of drug-likeness (QED) is 0.0826. The highest BCUT2D eigenvalue weighted by atomic mass is 19.4. The topological polar surface area (TPSA) is 318 Å². The Morgan fingerprint density at radius 1 is 0.352 bits per heavy atom. The van der Waals surface area contributed by atoms with Crippen LogP contribution in [0.2, 0.25) is 0 Å². The van der Waals surface area contributed by atoms with E-state index in [-0.39, 0.29) is 93.8 Å². The number of piperazine rings is 4. The Morgan fingerprint density at radius 3 is 0.872 bits per heavy atom. The first-order chi connectivity index (χ1) is 58.8. The highest BCUT2D eigenvalue weighted by Gasteiger charge is 2.46. The number of nitrogens with zero attached hydrogens (tertiary/aromatic N) is 16. The summed E-state index contributed by atoms with van der Waals surface area (Å²) in [5, 5.41) is 29.5. The number of hydrogen-bond acceptors (Lipinski definition) is 16. The second kappa shape index (κ2) is 34.4.